The molecule has 2 nitrogen and oxygen atoms in total. The molecule has 0 saturated heterocycles. The van der Waals surface area contributed by atoms with E-state index in [2.05, 4.69) is 46.4 Å². The lowest BCUT2D eigenvalue weighted by atomic mass is 9.97. The van der Waals surface area contributed by atoms with Gasteiger partial charge in [0.25, 0.3) is 0 Å². The first-order chi connectivity index (χ1) is 8.63. The van der Waals surface area contributed by atoms with Crippen molar-refractivity contribution in [1.82, 2.24) is 5.32 Å². The highest BCUT2D eigenvalue weighted by molar-refractivity contribution is 9.10. The van der Waals surface area contributed by atoms with E-state index in [0.717, 1.165) is 17.4 Å². The van der Waals surface area contributed by atoms with Crippen molar-refractivity contribution in [3.05, 3.63) is 46.5 Å². The maximum atomic E-state index is 11.7. The van der Waals surface area contributed by atoms with Gasteiger partial charge in [-0.1, -0.05) is 47.1 Å². The molecule has 1 rings (SSSR count). The number of halogens is 1. The Kier molecular flexibility index (Phi) is 6.73. The minimum absolute atomic E-state index is 0.120. The maximum absolute atomic E-state index is 11.7. The van der Waals surface area contributed by atoms with Gasteiger partial charge in [0, 0.05) is 17.4 Å². The number of rotatable bonds is 6. The Morgan fingerprint density at radius 2 is 2.06 bits per heavy atom. The molecule has 0 bridgehead atoms. The van der Waals surface area contributed by atoms with Gasteiger partial charge in [0.05, 0.1) is 0 Å². The predicted octanol–water partition coefficient (Wildman–Crippen LogP) is 4.03. The summed E-state index contributed by atoms with van der Waals surface area (Å²) in [5.41, 5.74) is 1.20. The standard InChI is InChI=1S/C15H20BrNO/c1-3-4-5-10-17-15(18)11-12(2)13-6-8-14(16)9-7-13/h3-4,6-9,12H,5,10-11H2,1-2H3,(H,17,18)/b4-3+. The summed E-state index contributed by atoms with van der Waals surface area (Å²) in [6.07, 6.45) is 5.49. The molecule has 0 aliphatic carbocycles. The van der Waals surface area contributed by atoms with Gasteiger partial charge in [-0.3, -0.25) is 4.79 Å². The minimum Gasteiger partial charge on any atom is -0.356 e. The number of allylic oxidation sites excluding steroid dienone is 1. The van der Waals surface area contributed by atoms with Crippen LogP contribution in [0.4, 0.5) is 0 Å². The van der Waals surface area contributed by atoms with E-state index in [0.29, 0.717) is 6.42 Å². The van der Waals surface area contributed by atoms with Crippen molar-refractivity contribution in [2.45, 2.75) is 32.6 Å². The molecule has 0 fully saturated rings. The summed E-state index contributed by atoms with van der Waals surface area (Å²) in [4.78, 5) is 11.7. The Labute approximate surface area is 118 Å². The van der Waals surface area contributed by atoms with Crippen molar-refractivity contribution in [2.24, 2.45) is 0 Å². The van der Waals surface area contributed by atoms with Crippen molar-refractivity contribution in [3.8, 4) is 0 Å². The van der Waals surface area contributed by atoms with Crippen LogP contribution in [0.25, 0.3) is 0 Å². The van der Waals surface area contributed by atoms with E-state index in [1.807, 2.05) is 25.1 Å². The van der Waals surface area contributed by atoms with E-state index < -0.39 is 0 Å². The van der Waals surface area contributed by atoms with Crippen LogP contribution in [0, 0.1) is 0 Å². The third kappa shape index (κ3) is 5.50. The Morgan fingerprint density at radius 1 is 1.39 bits per heavy atom. The van der Waals surface area contributed by atoms with Gasteiger partial charge < -0.3 is 5.32 Å². The van der Waals surface area contributed by atoms with Gasteiger partial charge in [-0.05, 0) is 37.0 Å². The van der Waals surface area contributed by atoms with Gasteiger partial charge in [-0.15, -0.1) is 0 Å². The van der Waals surface area contributed by atoms with Crippen LogP contribution in [0.15, 0.2) is 40.9 Å². The van der Waals surface area contributed by atoms with E-state index >= 15 is 0 Å². The van der Waals surface area contributed by atoms with Gasteiger partial charge in [-0.2, -0.15) is 0 Å². The lowest BCUT2D eigenvalue weighted by Gasteiger charge is -2.11. The smallest absolute Gasteiger partial charge is 0.220 e. The zero-order chi connectivity index (χ0) is 13.4. The average molecular weight is 310 g/mol. The number of carbonyl (C=O) groups is 1. The monoisotopic (exact) mass is 309 g/mol. The Balaban J connectivity index is 2.37. The third-order valence-corrected chi connectivity index (χ3v) is 3.33. The summed E-state index contributed by atoms with van der Waals surface area (Å²) >= 11 is 3.41. The maximum Gasteiger partial charge on any atom is 0.220 e. The van der Waals surface area contributed by atoms with Crippen LogP contribution >= 0.6 is 15.9 Å². The summed E-state index contributed by atoms with van der Waals surface area (Å²) < 4.78 is 1.06. The van der Waals surface area contributed by atoms with Crippen molar-refractivity contribution in [1.29, 1.82) is 0 Å². The highest BCUT2D eigenvalue weighted by atomic mass is 79.9. The number of hydrogen-bond acceptors (Lipinski definition) is 1. The number of benzene rings is 1. The molecule has 1 aromatic rings. The number of amides is 1. The number of hydrogen-bond donors (Lipinski definition) is 1. The molecule has 1 unspecified atom stereocenters. The summed E-state index contributed by atoms with van der Waals surface area (Å²) in [5, 5.41) is 2.93. The molecule has 0 saturated carbocycles. The molecule has 0 aliphatic rings. The normalized spacial score (nSPS) is 12.6. The largest absolute Gasteiger partial charge is 0.356 e. The predicted molar refractivity (Wildman–Crippen MR) is 79.6 cm³/mol. The fourth-order valence-electron chi connectivity index (χ4n) is 1.72. The molecule has 18 heavy (non-hydrogen) atoms. The average Bonchev–Trinajstić information content (AvgIpc) is 2.35. The highest BCUT2D eigenvalue weighted by Crippen LogP contribution is 2.21. The molecular weight excluding hydrogens is 290 g/mol. The highest BCUT2D eigenvalue weighted by Gasteiger charge is 2.10. The van der Waals surface area contributed by atoms with Crippen molar-refractivity contribution in [2.75, 3.05) is 6.54 Å². The van der Waals surface area contributed by atoms with Crippen LogP contribution in [0.3, 0.4) is 0 Å². The molecule has 1 aromatic carbocycles. The van der Waals surface area contributed by atoms with Gasteiger partial charge in [0.15, 0.2) is 0 Å². The van der Waals surface area contributed by atoms with Crippen LogP contribution in [-0.4, -0.2) is 12.5 Å². The summed E-state index contributed by atoms with van der Waals surface area (Å²) in [7, 11) is 0. The number of carbonyl (C=O) groups excluding carboxylic acids is 1. The van der Waals surface area contributed by atoms with Gasteiger partial charge in [0.1, 0.15) is 0 Å². The molecule has 1 atom stereocenters. The quantitative estimate of drug-likeness (QED) is 0.624. The zero-order valence-corrected chi connectivity index (χ0v) is 12.5. The molecule has 3 heteroatoms. The van der Waals surface area contributed by atoms with Gasteiger partial charge >= 0.3 is 0 Å². The molecule has 98 valence electrons. The van der Waals surface area contributed by atoms with Gasteiger partial charge in [0.2, 0.25) is 5.91 Å². The van der Waals surface area contributed by atoms with E-state index in [4.69, 9.17) is 0 Å². The summed E-state index contributed by atoms with van der Waals surface area (Å²) in [5.74, 6) is 0.370. The molecule has 0 heterocycles. The van der Waals surface area contributed by atoms with E-state index in [9.17, 15) is 4.79 Å². The second kappa shape index (κ2) is 8.09. The summed E-state index contributed by atoms with van der Waals surface area (Å²) in [6.45, 7) is 4.78. The topological polar surface area (TPSA) is 29.1 Å². The zero-order valence-electron chi connectivity index (χ0n) is 10.9. The Morgan fingerprint density at radius 3 is 2.67 bits per heavy atom. The second-order valence-corrected chi connectivity index (χ2v) is 5.28. The molecule has 1 N–H and O–H groups in total. The third-order valence-electron chi connectivity index (χ3n) is 2.80. The lowest BCUT2D eigenvalue weighted by molar-refractivity contribution is -0.121. The van der Waals surface area contributed by atoms with E-state index in [1.165, 1.54) is 5.56 Å². The Bertz CT molecular complexity index is 397. The van der Waals surface area contributed by atoms with Crippen molar-refractivity contribution < 1.29 is 4.79 Å². The van der Waals surface area contributed by atoms with Crippen LogP contribution in [0.5, 0.6) is 0 Å². The number of nitrogens with one attached hydrogen (secondary N) is 1. The van der Waals surface area contributed by atoms with Crippen molar-refractivity contribution >= 4 is 21.8 Å². The lowest BCUT2D eigenvalue weighted by Crippen LogP contribution is -2.25. The van der Waals surface area contributed by atoms with Crippen LogP contribution in [0.1, 0.15) is 38.2 Å². The summed E-state index contributed by atoms with van der Waals surface area (Å²) in [6, 6.07) is 8.13. The minimum atomic E-state index is 0.120. The van der Waals surface area contributed by atoms with Crippen LogP contribution in [0.2, 0.25) is 0 Å². The van der Waals surface area contributed by atoms with Crippen LogP contribution < -0.4 is 5.32 Å². The molecule has 0 aliphatic heterocycles. The first-order valence-electron chi connectivity index (χ1n) is 6.26. The van der Waals surface area contributed by atoms with Crippen molar-refractivity contribution in [3.63, 3.8) is 0 Å². The Hall–Kier alpha value is -1.09. The van der Waals surface area contributed by atoms with Crippen LogP contribution in [-0.2, 0) is 4.79 Å². The fraction of sp³-hybridized carbons (Fsp3) is 0.400. The van der Waals surface area contributed by atoms with E-state index in [-0.39, 0.29) is 11.8 Å². The SMILES string of the molecule is C/C=C/CCNC(=O)CC(C)c1ccc(Br)cc1. The first-order valence-corrected chi connectivity index (χ1v) is 7.06. The molecule has 1 amide bonds. The van der Waals surface area contributed by atoms with Gasteiger partial charge in [-0.25, -0.2) is 0 Å². The molecule has 0 radical (unpaired) electrons. The molecule has 0 aromatic heterocycles. The molecule has 0 spiro atoms. The second-order valence-electron chi connectivity index (χ2n) is 4.36. The van der Waals surface area contributed by atoms with E-state index in [1.54, 1.807) is 0 Å². The molecular formula is C15H20BrNO. The fourth-order valence-corrected chi connectivity index (χ4v) is 1.99. The first kappa shape index (κ1) is 15.0.